The third-order valence-corrected chi connectivity index (χ3v) is 3.93. The molecule has 0 aliphatic carbocycles. The highest BCUT2D eigenvalue weighted by molar-refractivity contribution is 7.80. The minimum Gasteiger partial charge on any atom is -0.497 e. The summed E-state index contributed by atoms with van der Waals surface area (Å²) in [7, 11) is 1.59. The highest BCUT2D eigenvalue weighted by atomic mass is 35.5. The second-order valence-corrected chi connectivity index (χ2v) is 5.70. The van der Waals surface area contributed by atoms with Gasteiger partial charge in [0.05, 0.1) is 12.8 Å². The summed E-state index contributed by atoms with van der Waals surface area (Å²) >= 11 is 11.1. The predicted octanol–water partition coefficient (Wildman–Crippen LogP) is 3.61. The van der Waals surface area contributed by atoms with Gasteiger partial charge >= 0.3 is 0 Å². The van der Waals surface area contributed by atoms with Crippen molar-refractivity contribution in [2.24, 2.45) is 0 Å². The van der Waals surface area contributed by atoms with Crippen molar-refractivity contribution < 1.29 is 9.53 Å². The number of benzene rings is 2. The molecule has 0 atom stereocenters. The normalized spacial score (nSPS) is 15.9. The number of halogens is 1. The summed E-state index contributed by atoms with van der Waals surface area (Å²) in [5, 5.41) is 3.94. The lowest BCUT2D eigenvalue weighted by Crippen LogP contribution is -2.30. The average molecular weight is 345 g/mol. The Morgan fingerprint density at radius 1 is 1.13 bits per heavy atom. The van der Waals surface area contributed by atoms with E-state index in [4.69, 9.17) is 28.6 Å². The number of nitrogens with zero attached hydrogens (tertiary/aromatic N) is 1. The summed E-state index contributed by atoms with van der Waals surface area (Å²) < 4.78 is 5.12. The Bertz CT molecular complexity index is 785. The molecule has 3 rings (SSSR count). The number of rotatable bonds is 3. The summed E-state index contributed by atoms with van der Waals surface area (Å²) in [5.74, 6) is 0.520. The molecule has 1 N–H and O–H groups in total. The number of carbonyl (C=O) groups is 1. The number of ether oxygens (including phenoxy) is 1. The molecule has 0 aromatic heterocycles. The molecule has 1 saturated heterocycles. The molecule has 116 valence electrons. The number of thiocarbonyl (C=S) groups is 1. The van der Waals surface area contributed by atoms with Crippen molar-refractivity contribution in [2.45, 2.75) is 0 Å². The zero-order valence-corrected chi connectivity index (χ0v) is 13.8. The number of hydrogen-bond acceptors (Lipinski definition) is 3. The number of anilines is 1. The summed E-state index contributed by atoms with van der Waals surface area (Å²) in [5.41, 5.74) is 1.98. The molecule has 0 saturated carbocycles. The fraction of sp³-hybridized carbons (Fsp3) is 0.0588. The van der Waals surface area contributed by atoms with E-state index in [2.05, 4.69) is 5.32 Å². The molecular formula is C17H13ClN2O2S. The maximum atomic E-state index is 12.6. The Balaban J connectivity index is 1.88. The number of nitrogens with one attached hydrogen (secondary N) is 1. The maximum absolute atomic E-state index is 12.6. The Labute approximate surface area is 144 Å². The van der Waals surface area contributed by atoms with Crippen molar-refractivity contribution in [3.05, 3.63) is 64.8 Å². The van der Waals surface area contributed by atoms with Crippen LogP contribution in [0, 0.1) is 0 Å². The molecule has 1 fully saturated rings. The van der Waals surface area contributed by atoms with Gasteiger partial charge in [0.1, 0.15) is 11.4 Å². The van der Waals surface area contributed by atoms with Gasteiger partial charge in [0.2, 0.25) is 0 Å². The van der Waals surface area contributed by atoms with Crippen LogP contribution in [0.1, 0.15) is 5.56 Å². The van der Waals surface area contributed by atoms with E-state index in [0.29, 0.717) is 21.5 Å². The summed E-state index contributed by atoms with van der Waals surface area (Å²) in [6, 6.07) is 14.4. The third kappa shape index (κ3) is 3.21. The van der Waals surface area contributed by atoms with Crippen LogP contribution in [0.5, 0.6) is 5.75 Å². The van der Waals surface area contributed by atoms with Gasteiger partial charge in [-0.1, -0.05) is 23.7 Å². The van der Waals surface area contributed by atoms with Crippen LogP contribution >= 0.6 is 23.8 Å². The van der Waals surface area contributed by atoms with Crippen molar-refractivity contribution in [2.75, 3.05) is 12.0 Å². The first-order valence-electron chi connectivity index (χ1n) is 6.85. The van der Waals surface area contributed by atoms with Crippen molar-refractivity contribution in [1.29, 1.82) is 0 Å². The molecule has 6 heteroatoms. The van der Waals surface area contributed by atoms with Crippen LogP contribution < -0.4 is 15.0 Å². The Morgan fingerprint density at radius 2 is 1.78 bits per heavy atom. The zero-order chi connectivity index (χ0) is 16.4. The molecule has 2 aromatic carbocycles. The molecule has 0 radical (unpaired) electrons. The first-order chi connectivity index (χ1) is 11.1. The average Bonchev–Trinajstić information content (AvgIpc) is 2.84. The van der Waals surface area contributed by atoms with Crippen LogP contribution in [0.25, 0.3) is 6.08 Å². The van der Waals surface area contributed by atoms with E-state index >= 15 is 0 Å². The second-order valence-electron chi connectivity index (χ2n) is 4.88. The lowest BCUT2D eigenvalue weighted by Gasteiger charge is -2.14. The van der Waals surface area contributed by atoms with Crippen molar-refractivity contribution in [3.63, 3.8) is 0 Å². The molecule has 1 amide bonds. The standard InChI is InChI=1S/C17H13ClN2O2S/c1-22-14-8-6-13(7-9-14)20-16(21)15(19-17(20)23)10-11-2-4-12(18)5-3-11/h2-10H,1H3,(H,19,23). The quantitative estimate of drug-likeness (QED) is 0.682. The first-order valence-corrected chi connectivity index (χ1v) is 7.64. The highest BCUT2D eigenvalue weighted by Gasteiger charge is 2.31. The molecule has 0 spiro atoms. The predicted molar refractivity (Wildman–Crippen MR) is 95.6 cm³/mol. The molecule has 2 aromatic rings. The molecule has 0 bridgehead atoms. The number of methoxy groups -OCH3 is 1. The van der Waals surface area contributed by atoms with E-state index in [1.165, 1.54) is 4.90 Å². The Kier molecular flexibility index (Phi) is 4.32. The summed E-state index contributed by atoms with van der Waals surface area (Å²) in [4.78, 5) is 14.0. The van der Waals surface area contributed by atoms with Gasteiger partial charge in [-0.15, -0.1) is 0 Å². The van der Waals surface area contributed by atoms with Crippen molar-refractivity contribution in [3.8, 4) is 5.75 Å². The van der Waals surface area contributed by atoms with Gasteiger partial charge < -0.3 is 10.1 Å². The highest BCUT2D eigenvalue weighted by Crippen LogP contribution is 2.25. The minimum atomic E-state index is -0.199. The van der Waals surface area contributed by atoms with Gasteiger partial charge in [0.15, 0.2) is 5.11 Å². The van der Waals surface area contributed by atoms with Gasteiger partial charge in [-0.2, -0.15) is 0 Å². The fourth-order valence-corrected chi connectivity index (χ4v) is 2.65. The monoisotopic (exact) mass is 344 g/mol. The smallest absolute Gasteiger partial charge is 0.281 e. The second kappa shape index (κ2) is 6.40. The van der Waals surface area contributed by atoms with Gasteiger partial charge in [-0.3, -0.25) is 9.69 Å². The van der Waals surface area contributed by atoms with E-state index in [-0.39, 0.29) is 5.91 Å². The third-order valence-electron chi connectivity index (χ3n) is 3.39. The van der Waals surface area contributed by atoms with Crippen LogP contribution in [0.15, 0.2) is 54.2 Å². The van der Waals surface area contributed by atoms with E-state index in [1.54, 1.807) is 49.6 Å². The molecule has 23 heavy (non-hydrogen) atoms. The summed E-state index contributed by atoms with van der Waals surface area (Å²) in [6.07, 6.45) is 1.74. The van der Waals surface area contributed by atoms with E-state index in [9.17, 15) is 4.79 Å². The van der Waals surface area contributed by atoms with Gasteiger partial charge in [-0.25, -0.2) is 0 Å². The van der Waals surface area contributed by atoms with Gasteiger partial charge in [0.25, 0.3) is 5.91 Å². The molecule has 1 heterocycles. The van der Waals surface area contributed by atoms with E-state index < -0.39 is 0 Å². The van der Waals surface area contributed by atoms with E-state index in [0.717, 1.165) is 11.3 Å². The van der Waals surface area contributed by atoms with Crippen LogP contribution in [-0.2, 0) is 4.79 Å². The van der Waals surface area contributed by atoms with Crippen LogP contribution in [-0.4, -0.2) is 18.1 Å². The topological polar surface area (TPSA) is 41.6 Å². The SMILES string of the molecule is COc1ccc(N2C(=O)C(=Cc3ccc(Cl)cc3)NC2=S)cc1. The fourth-order valence-electron chi connectivity index (χ4n) is 2.23. The first kappa shape index (κ1) is 15.5. The molecule has 0 unspecified atom stereocenters. The molecule has 4 nitrogen and oxygen atoms in total. The van der Waals surface area contributed by atoms with Gasteiger partial charge in [0, 0.05) is 5.02 Å². The van der Waals surface area contributed by atoms with Crippen LogP contribution in [0.2, 0.25) is 5.02 Å². The number of amides is 1. The summed E-state index contributed by atoms with van der Waals surface area (Å²) in [6.45, 7) is 0. The zero-order valence-electron chi connectivity index (χ0n) is 12.2. The lowest BCUT2D eigenvalue weighted by molar-refractivity contribution is -0.113. The molecule has 1 aliphatic heterocycles. The van der Waals surface area contributed by atoms with Crippen LogP contribution in [0.3, 0.4) is 0 Å². The lowest BCUT2D eigenvalue weighted by atomic mass is 10.2. The molecule has 1 aliphatic rings. The Morgan fingerprint density at radius 3 is 2.39 bits per heavy atom. The van der Waals surface area contributed by atoms with Crippen LogP contribution in [0.4, 0.5) is 5.69 Å². The van der Waals surface area contributed by atoms with Crippen molar-refractivity contribution in [1.82, 2.24) is 5.32 Å². The molecular weight excluding hydrogens is 332 g/mol. The number of carbonyl (C=O) groups excluding carboxylic acids is 1. The van der Waals surface area contributed by atoms with Gasteiger partial charge in [-0.05, 0) is 60.3 Å². The largest absolute Gasteiger partial charge is 0.497 e. The van der Waals surface area contributed by atoms with Crippen molar-refractivity contribution >= 4 is 46.6 Å². The Hall–Kier alpha value is -2.37. The number of hydrogen-bond donors (Lipinski definition) is 1. The van der Waals surface area contributed by atoms with E-state index in [1.807, 2.05) is 12.1 Å². The minimum absolute atomic E-state index is 0.199. The maximum Gasteiger partial charge on any atom is 0.281 e.